The number of rotatable bonds is 6. The van der Waals surface area contributed by atoms with Gasteiger partial charge in [0, 0.05) is 17.6 Å². The minimum absolute atomic E-state index is 0.0806. The van der Waals surface area contributed by atoms with Gasteiger partial charge in [-0.25, -0.2) is 4.39 Å². The standard InChI is InChI=1S/C19H21FN2O2S/c1-13-7-8-14(2)17(9-13)25-12-19(24)22(3)11-18(23)21-16-6-4-5-15(20)10-16/h4-10H,11-12H2,1-3H3,(H,21,23). The van der Waals surface area contributed by atoms with Crippen molar-refractivity contribution in [2.24, 2.45) is 0 Å². The summed E-state index contributed by atoms with van der Waals surface area (Å²) in [6, 6.07) is 11.7. The quantitative estimate of drug-likeness (QED) is 0.801. The van der Waals surface area contributed by atoms with E-state index in [1.165, 1.54) is 34.9 Å². The normalized spacial score (nSPS) is 10.4. The predicted octanol–water partition coefficient (Wildman–Crippen LogP) is 3.63. The highest BCUT2D eigenvalue weighted by Gasteiger charge is 2.14. The van der Waals surface area contributed by atoms with Crippen molar-refractivity contribution in [3.8, 4) is 0 Å². The summed E-state index contributed by atoms with van der Waals surface area (Å²) in [6.45, 7) is 3.93. The highest BCUT2D eigenvalue weighted by atomic mass is 32.2. The molecule has 0 unspecified atom stereocenters. The van der Waals surface area contributed by atoms with Crippen LogP contribution in [0.5, 0.6) is 0 Å². The van der Waals surface area contributed by atoms with E-state index in [9.17, 15) is 14.0 Å². The van der Waals surface area contributed by atoms with Crippen LogP contribution in [-0.2, 0) is 9.59 Å². The topological polar surface area (TPSA) is 49.4 Å². The van der Waals surface area contributed by atoms with Gasteiger partial charge in [0.25, 0.3) is 0 Å². The van der Waals surface area contributed by atoms with Crippen LogP contribution in [0.1, 0.15) is 11.1 Å². The van der Waals surface area contributed by atoms with Gasteiger partial charge in [0.15, 0.2) is 0 Å². The molecule has 0 radical (unpaired) electrons. The number of nitrogens with one attached hydrogen (secondary N) is 1. The molecule has 2 aromatic carbocycles. The number of likely N-dealkylation sites (N-methyl/N-ethyl adjacent to an activating group) is 1. The summed E-state index contributed by atoms with van der Waals surface area (Å²) in [5.74, 6) is -0.667. The molecule has 1 N–H and O–H groups in total. The van der Waals surface area contributed by atoms with Crippen LogP contribution in [0.2, 0.25) is 0 Å². The van der Waals surface area contributed by atoms with E-state index in [2.05, 4.69) is 5.32 Å². The van der Waals surface area contributed by atoms with E-state index in [0.717, 1.165) is 16.0 Å². The first-order chi connectivity index (χ1) is 11.8. The molecule has 2 amide bonds. The van der Waals surface area contributed by atoms with Gasteiger partial charge in [-0.2, -0.15) is 0 Å². The van der Waals surface area contributed by atoms with E-state index in [1.807, 2.05) is 32.0 Å². The van der Waals surface area contributed by atoms with Gasteiger partial charge in [0.05, 0.1) is 12.3 Å². The van der Waals surface area contributed by atoms with E-state index in [4.69, 9.17) is 0 Å². The zero-order valence-electron chi connectivity index (χ0n) is 14.5. The largest absolute Gasteiger partial charge is 0.336 e. The Hall–Kier alpha value is -2.34. The number of nitrogens with zero attached hydrogens (tertiary/aromatic N) is 1. The Morgan fingerprint density at radius 3 is 2.64 bits per heavy atom. The number of carbonyl (C=O) groups excluding carboxylic acids is 2. The molecule has 0 bridgehead atoms. The smallest absolute Gasteiger partial charge is 0.243 e. The lowest BCUT2D eigenvalue weighted by atomic mass is 10.2. The van der Waals surface area contributed by atoms with Crippen LogP contribution in [0.25, 0.3) is 0 Å². The SMILES string of the molecule is Cc1ccc(C)c(SCC(=O)N(C)CC(=O)Nc2cccc(F)c2)c1. The van der Waals surface area contributed by atoms with E-state index in [0.29, 0.717) is 5.69 Å². The molecule has 4 nitrogen and oxygen atoms in total. The maximum atomic E-state index is 13.1. The number of benzene rings is 2. The Balaban J connectivity index is 1.85. The van der Waals surface area contributed by atoms with E-state index in [1.54, 1.807) is 13.1 Å². The second kappa shape index (κ2) is 8.67. The Kier molecular flexibility index (Phi) is 6.58. The first-order valence-electron chi connectivity index (χ1n) is 7.84. The molecule has 0 saturated heterocycles. The Morgan fingerprint density at radius 2 is 1.92 bits per heavy atom. The van der Waals surface area contributed by atoms with E-state index < -0.39 is 5.82 Å². The van der Waals surface area contributed by atoms with Crippen molar-refractivity contribution in [1.82, 2.24) is 4.90 Å². The van der Waals surface area contributed by atoms with Crippen molar-refractivity contribution >= 4 is 29.3 Å². The Morgan fingerprint density at radius 1 is 1.16 bits per heavy atom. The van der Waals surface area contributed by atoms with Crippen molar-refractivity contribution < 1.29 is 14.0 Å². The van der Waals surface area contributed by atoms with Gasteiger partial charge in [-0.1, -0.05) is 23.8 Å². The van der Waals surface area contributed by atoms with Gasteiger partial charge in [0.1, 0.15) is 5.82 Å². The molecule has 2 rings (SSSR count). The van der Waals surface area contributed by atoms with Crippen molar-refractivity contribution in [3.05, 3.63) is 59.4 Å². The molecule has 0 spiro atoms. The average Bonchev–Trinajstić information content (AvgIpc) is 2.55. The van der Waals surface area contributed by atoms with Crippen molar-refractivity contribution in [2.45, 2.75) is 18.7 Å². The molecule has 25 heavy (non-hydrogen) atoms. The lowest BCUT2D eigenvalue weighted by Gasteiger charge is -2.17. The van der Waals surface area contributed by atoms with Crippen molar-refractivity contribution in [1.29, 1.82) is 0 Å². The molecule has 0 aromatic heterocycles. The van der Waals surface area contributed by atoms with Crippen molar-refractivity contribution in [2.75, 3.05) is 24.7 Å². The minimum Gasteiger partial charge on any atom is -0.336 e. The fourth-order valence-electron chi connectivity index (χ4n) is 2.18. The van der Waals surface area contributed by atoms with Crippen LogP contribution in [0.3, 0.4) is 0 Å². The fraction of sp³-hybridized carbons (Fsp3) is 0.263. The summed E-state index contributed by atoms with van der Waals surface area (Å²) >= 11 is 1.46. The molecule has 0 saturated carbocycles. The number of thioether (sulfide) groups is 1. The van der Waals surface area contributed by atoms with Gasteiger partial charge in [0.2, 0.25) is 11.8 Å². The Bertz CT molecular complexity index is 780. The molecule has 2 aromatic rings. The summed E-state index contributed by atoms with van der Waals surface area (Å²) in [6.07, 6.45) is 0. The molecule has 0 aliphatic rings. The molecule has 6 heteroatoms. The number of halogens is 1. The van der Waals surface area contributed by atoms with Crippen LogP contribution in [0.15, 0.2) is 47.4 Å². The molecule has 0 heterocycles. The minimum atomic E-state index is -0.424. The summed E-state index contributed by atoms with van der Waals surface area (Å²) < 4.78 is 13.1. The second-order valence-corrected chi connectivity index (χ2v) is 6.88. The highest BCUT2D eigenvalue weighted by Crippen LogP contribution is 2.23. The third kappa shape index (κ3) is 5.90. The first-order valence-corrected chi connectivity index (χ1v) is 8.83. The molecule has 132 valence electrons. The zero-order chi connectivity index (χ0) is 18.4. The van der Waals surface area contributed by atoms with Crippen LogP contribution in [-0.4, -0.2) is 36.1 Å². The van der Waals surface area contributed by atoms with Gasteiger partial charge < -0.3 is 10.2 Å². The van der Waals surface area contributed by atoms with Gasteiger partial charge in [-0.15, -0.1) is 11.8 Å². The van der Waals surface area contributed by atoms with E-state index in [-0.39, 0.29) is 24.1 Å². The lowest BCUT2D eigenvalue weighted by molar-refractivity contribution is -0.131. The Labute approximate surface area is 151 Å². The fourth-order valence-corrected chi connectivity index (χ4v) is 3.25. The molecule has 0 fully saturated rings. The van der Waals surface area contributed by atoms with Crippen LogP contribution >= 0.6 is 11.8 Å². The maximum Gasteiger partial charge on any atom is 0.243 e. The average molecular weight is 360 g/mol. The lowest BCUT2D eigenvalue weighted by Crippen LogP contribution is -2.35. The summed E-state index contributed by atoms with van der Waals surface area (Å²) in [7, 11) is 1.58. The third-order valence-electron chi connectivity index (χ3n) is 3.61. The third-order valence-corrected chi connectivity index (χ3v) is 4.75. The molecule has 0 aliphatic heterocycles. The molecular weight excluding hydrogens is 339 g/mol. The molecule has 0 atom stereocenters. The van der Waals surface area contributed by atoms with Gasteiger partial charge in [-0.05, 0) is 43.7 Å². The summed E-state index contributed by atoms with van der Waals surface area (Å²) in [5, 5.41) is 2.58. The highest BCUT2D eigenvalue weighted by molar-refractivity contribution is 8.00. The van der Waals surface area contributed by atoms with Crippen LogP contribution in [0, 0.1) is 19.7 Å². The maximum absolute atomic E-state index is 13.1. The number of hydrogen-bond donors (Lipinski definition) is 1. The number of hydrogen-bond acceptors (Lipinski definition) is 3. The number of amides is 2. The number of aryl methyl sites for hydroxylation is 2. The second-order valence-electron chi connectivity index (χ2n) is 5.87. The van der Waals surface area contributed by atoms with E-state index >= 15 is 0 Å². The summed E-state index contributed by atoms with van der Waals surface area (Å²) in [4.78, 5) is 26.6. The first kappa shape index (κ1) is 19.0. The zero-order valence-corrected chi connectivity index (χ0v) is 15.3. The van der Waals surface area contributed by atoms with Gasteiger partial charge in [-0.3, -0.25) is 9.59 Å². The molecular formula is C19H21FN2O2S. The molecule has 0 aliphatic carbocycles. The number of anilines is 1. The number of carbonyl (C=O) groups is 2. The van der Waals surface area contributed by atoms with Crippen LogP contribution in [0.4, 0.5) is 10.1 Å². The van der Waals surface area contributed by atoms with Crippen LogP contribution < -0.4 is 5.32 Å². The monoisotopic (exact) mass is 360 g/mol. The predicted molar refractivity (Wildman–Crippen MR) is 99.3 cm³/mol. The summed E-state index contributed by atoms with van der Waals surface area (Å²) in [5.41, 5.74) is 2.63. The van der Waals surface area contributed by atoms with Crippen molar-refractivity contribution in [3.63, 3.8) is 0 Å². The van der Waals surface area contributed by atoms with Gasteiger partial charge >= 0.3 is 0 Å².